The molecular formula is C28H40N6O6. The van der Waals surface area contributed by atoms with E-state index in [0.29, 0.717) is 36.9 Å². The molecule has 2 saturated heterocycles. The monoisotopic (exact) mass is 556 g/mol. The van der Waals surface area contributed by atoms with E-state index in [0.717, 1.165) is 0 Å². The second kappa shape index (κ2) is 11.8. The van der Waals surface area contributed by atoms with E-state index in [1.165, 1.54) is 11.1 Å². The molecule has 3 amide bonds. The summed E-state index contributed by atoms with van der Waals surface area (Å²) in [6.45, 7) is 11.2. The summed E-state index contributed by atoms with van der Waals surface area (Å²) in [5, 5.41) is 22.8. The van der Waals surface area contributed by atoms with Crippen LogP contribution in [0.5, 0.6) is 0 Å². The summed E-state index contributed by atoms with van der Waals surface area (Å²) in [6.07, 6.45) is 1.73. The Morgan fingerprint density at radius 2 is 1.90 bits per heavy atom. The van der Waals surface area contributed by atoms with Gasteiger partial charge in [-0.25, -0.2) is 14.8 Å². The lowest BCUT2D eigenvalue weighted by Crippen LogP contribution is -2.60. The van der Waals surface area contributed by atoms with Crippen LogP contribution in [-0.4, -0.2) is 97.7 Å². The summed E-state index contributed by atoms with van der Waals surface area (Å²) < 4.78 is 5.44. The minimum Gasteiger partial charge on any atom is -0.467 e. The van der Waals surface area contributed by atoms with Crippen molar-refractivity contribution in [1.29, 1.82) is 0 Å². The number of rotatable bonds is 8. The van der Waals surface area contributed by atoms with Gasteiger partial charge in [0, 0.05) is 44.3 Å². The minimum atomic E-state index is -1.14. The van der Waals surface area contributed by atoms with E-state index in [1.807, 2.05) is 40.7 Å². The number of nitrogens with zero attached hydrogens (tertiary/aromatic N) is 5. The van der Waals surface area contributed by atoms with Crippen LogP contribution in [0.15, 0.2) is 29.0 Å². The molecule has 40 heavy (non-hydrogen) atoms. The van der Waals surface area contributed by atoms with Gasteiger partial charge in [-0.2, -0.15) is 0 Å². The molecule has 12 nitrogen and oxygen atoms in total. The zero-order valence-corrected chi connectivity index (χ0v) is 23.8. The van der Waals surface area contributed by atoms with Crippen LogP contribution in [0.25, 0.3) is 0 Å². The molecule has 12 heteroatoms. The zero-order chi connectivity index (χ0) is 29.2. The number of piperidine rings is 1. The Morgan fingerprint density at radius 1 is 1.18 bits per heavy atom. The van der Waals surface area contributed by atoms with Gasteiger partial charge in [-0.3, -0.25) is 9.59 Å². The minimum absolute atomic E-state index is 0.0559. The Morgan fingerprint density at radius 3 is 2.48 bits per heavy atom. The van der Waals surface area contributed by atoms with Crippen molar-refractivity contribution in [3.05, 3.63) is 41.7 Å². The number of carbonyl (C=O) groups excluding carboxylic acids is 2. The average molecular weight is 557 g/mol. The molecule has 0 radical (unpaired) electrons. The van der Waals surface area contributed by atoms with E-state index >= 15 is 0 Å². The van der Waals surface area contributed by atoms with Crippen molar-refractivity contribution in [3.63, 3.8) is 0 Å². The number of carbonyl (C=O) groups is 3. The Hall–Kier alpha value is -3.67. The van der Waals surface area contributed by atoms with Crippen molar-refractivity contribution in [1.82, 2.24) is 24.7 Å². The number of aliphatic hydroxyl groups excluding tert-OH is 1. The van der Waals surface area contributed by atoms with Crippen LogP contribution in [0.2, 0.25) is 0 Å². The van der Waals surface area contributed by atoms with Gasteiger partial charge in [-0.05, 0) is 24.5 Å². The van der Waals surface area contributed by atoms with Crippen molar-refractivity contribution in [2.24, 2.45) is 11.8 Å². The molecule has 2 atom stereocenters. The van der Waals surface area contributed by atoms with E-state index in [-0.39, 0.29) is 54.9 Å². The highest BCUT2D eigenvalue weighted by Crippen LogP contribution is 2.29. The van der Waals surface area contributed by atoms with Crippen molar-refractivity contribution < 1.29 is 29.0 Å². The van der Waals surface area contributed by atoms with Crippen LogP contribution in [-0.2, 0) is 16.8 Å². The molecule has 4 heterocycles. The molecule has 2 aliphatic heterocycles. The van der Waals surface area contributed by atoms with Crippen LogP contribution in [0.1, 0.15) is 63.0 Å². The SMILES string of the molecule is CC(C)CN(C(=O)c1cnc(C(C)(C)C)nc1NCc1ccco1)C1CC(C(=O)N2CC(O)C2)CN(C(=O)O)C1. The predicted molar refractivity (Wildman–Crippen MR) is 147 cm³/mol. The maximum Gasteiger partial charge on any atom is 0.407 e. The first-order chi connectivity index (χ1) is 18.8. The molecular weight excluding hydrogens is 516 g/mol. The normalized spacial score (nSPS) is 19.9. The quantitative estimate of drug-likeness (QED) is 0.445. The van der Waals surface area contributed by atoms with Gasteiger partial charge in [0.15, 0.2) is 0 Å². The second-order valence-electron chi connectivity index (χ2n) is 12.2. The predicted octanol–water partition coefficient (Wildman–Crippen LogP) is 2.65. The highest BCUT2D eigenvalue weighted by atomic mass is 16.4. The van der Waals surface area contributed by atoms with Crippen LogP contribution < -0.4 is 5.32 Å². The Labute approximate surface area is 234 Å². The van der Waals surface area contributed by atoms with Crippen LogP contribution in [0.4, 0.5) is 10.6 Å². The molecule has 2 aromatic rings. The first kappa shape index (κ1) is 29.3. The first-order valence-electron chi connectivity index (χ1n) is 13.7. The van der Waals surface area contributed by atoms with E-state index in [1.54, 1.807) is 22.1 Å². The molecule has 2 aromatic heterocycles. The van der Waals surface area contributed by atoms with E-state index in [9.17, 15) is 24.6 Å². The summed E-state index contributed by atoms with van der Waals surface area (Å²) in [7, 11) is 0. The largest absolute Gasteiger partial charge is 0.467 e. The van der Waals surface area contributed by atoms with E-state index in [2.05, 4.69) is 10.3 Å². The van der Waals surface area contributed by atoms with Gasteiger partial charge in [-0.1, -0.05) is 34.6 Å². The maximum absolute atomic E-state index is 14.2. The maximum atomic E-state index is 14.2. The summed E-state index contributed by atoms with van der Waals surface area (Å²) in [4.78, 5) is 53.1. The summed E-state index contributed by atoms with van der Waals surface area (Å²) in [5.41, 5.74) is -0.0923. The van der Waals surface area contributed by atoms with Gasteiger partial charge in [0.25, 0.3) is 5.91 Å². The van der Waals surface area contributed by atoms with E-state index < -0.39 is 24.2 Å². The molecule has 3 N–H and O–H groups in total. The number of furan rings is 1. The fourth-order valence-corrected chi connectivity index (χ4v) is 5.09. The van der Waals surface area contributed by atoms with Crippen LogP contribution >= 0.6 is 0 Å². The number of nitrogens with one attached hydrogen (secondary N) is 1. The molecule has 0 saturated carbocycles. The number of aliphatic hydroxyl groups is 1. The highest BCUT2D eigenvalue weighted by Gasteiger charge is 2.42. The zero-order valence-electron chi connectivity index (χ0n) is 23.8. The molecule has 2 unspecified atom stereocenters. The van der Waals surface area contributed by atoms with Crippen molar-refractivity contribution in [2.45, 2.75) is 65.1 Å². The van der Waals surface area contributed by atoms with Gasteiger partial charge in [0.1, 0.15) is 23.0 Å². The smallest absolute Gasteiger partial charge is 0.407 e. The topological polar surface area (TPSA) is 152 Å². The molecule has 0 aromatic carbocycles. The summed E-state index contributed by atoms with van der Waals surface area (Å²) in [5.74, 6) is 0.548. The molecule has 0 aliphatic carbocycles. The molecule has 0 bridgehead atoms. The number of hydrogen-bond donors (Lipinski definition) is 3. The third-order valence-electron chi connectivity index (χ3n) is 7.19. The molecule has 2 fully saturated rings. The number of aromatic nitrogens is 2. The van der Waals surface area contributed by atoms with Gasteiger partial charge in [0.05, 0.1) is 30.9 Å². The highest BCUT2D eigenvalue weighted by molar-refractivity contribution is 5.98. The lowest BCUT2D eigenvalue weighted by atomic mass is 9.90. The van der Waals surface area contributed by atoms with Crippen molar-refractivity contribution in [3.8, 4) is 0 Å². The van der Waals surface area contributed by atoms with Gasteiger partial charge in [0.2, 0.25) is 5.91 Å². The Kier molecular flexibility index (Phi) is 8.67. The number of carboxylic acid groups (broad SMARTS) is 1. The second-order valence-corrected chi connectivity index (χ2v) is 12.2. The standard InChI is InChI=1S/C28H40N6O6/c1-17(2)12-34(19-9-18(13-33(14-19)27(38)39)24(36)32-15-20(35)16-32)25(37)22-11-30-26(28(3,4)5)31-23(22)29-10-21-7-6-8-40-21/h6-8,11,17-20,35H,9-10,12-16H2,1-5H3,(H,38,39)(H,29,30,31). The summed E-state index contributed by atoms with van der Waals surface area (Å²) in [6, 6.07) is 3.08. The molecule has 4 rings (SSSR count). The van der Waals surface area contributed by atoms with Crippen LogP contribution in [0.3, 0.4) is 0 Å². The van der Waals surface area contributed by atoms with Crippen LogP contribution in [0, 0.1) is 11.8 Å². The fourth-order valence-electron chi connectivity index (χ4n) is 5.09. The molecule has 0 spiro atoms. The number of hydrogen-bond acceptors (Lipinski definition) is 8. The number of amides is 3. The Bertz CT molecular complexity index is 1200. The Balaban J connectivity index is 1.65. The summed E-state index contributed by atoms with van der Waals surface area (Å²) >= 11 is 0. The third kappa shape index (κ3) is 6.72. The number of likely N-dealkylation sites (tertiary alicyclic amines) is 2. The average Bonchev–Trinajstić information content (AvgIpc) is 3.40. The van der Waals surface area contributed by atoms with Gasteiger partial charge in [-0.15, -0.1) is 0 Å². The number of β-amino-alcohol motifs (C(OH)–C–C–N with tert-alkyl or cyclic N) is 1. The van der Waals surface area contributed by atoms with E-state index in [4.69, 9.17) is 9.40 Å². The molecule has 218 valence electrons. The number of anilines is 1. The van der Waals surface area contributed by atoms with Gasteiger partial charge >= 0.3 is 6.09 Å². The van der Waals surface area contributed by atoms with Crippen molar-refractivity contribution in [2.75, 3.05) is 38.0 Å². The first-order valence-corrected chi connectivity index (χ1v) is 13.7. The molecule has 2 aliphatic rings. The van der Waals surface area contributed by atoms with Gasteiger partial charge < -0.3 is 34.6 Å². The third-order valence-corrected chi connectivity index (χ3v) is 7.19. The lowest BCUT2D eigenvalue weighted by molar-refractivity contribution is -0.148. The van der Waals surface area contributed by atoms with Crippen molar-refractivity contribution >= 4 is 23.7 Å². The fraction of sp³-hybridized carbons (Fsp3) is 0.607. The lowest BCUT2D eigenvalue weighted by Gasteiger charge is -2.45.